The van der Waals surface area contributed by atoms with Crippen molar-refractivity contribution in [2.75, 3.05) is 20.2 Å². The fraction of sp³-hybridized carbons (Fsp3) is 0.625. The quantitative estimate of drug-likeness (QED) is 0.840. The van der Waals surface area contributed by atoms with Gasteiger partial charge < -0.3 is 14.9 Å². The average Bonchev–Trinajstić information content (AvgIpc) is 2.80. The van der Waals surface area contributed by atoms with Crippen LogP contribution in [0.25, 0.3) is 0 Å². The molecule has 20 heavy (non-hydrogen) atoms. The number of aromatic hydroxyl groups is 1. The molecule has 1 saturated carbocycles. The van der Waals surface area contributed by atoms with Gasteiger partial charge in [-0.05, 0) is 45.0 Å². The van der Waals surface area contributed by atoms with Crippen LogP contribution in [-0.2, 0) is 6.54 Å². The third-order valence-electron chi connectivity index (χ3n) is 3.90. The van der Waals surface area contributed by atoms with Crippen LogP contribution in [0.15, 0.2) is 18.2 Å². The van der Waals surface area contributed by atoms with E-state index in [0.29, 0.717) is 19.7 Å². The van der Waals surface area contributed by atoms with Crippen molar-refractivity contribution < 1.29 is 14.9 Å². The maximum absolute atomic E-state index is 10.4. The van der Waals surface area contributed by atoms with Gasteiger partial charge in [-0.3, -0.25) is 4.90 Å². The summed E-state index contributed by atoms with van der Waals surface area (Å²) >= 11 is 0. The summed E-state index contributed by atoms with van der Waals surface area (Å²) < 4.78 is 5.46. The Morgan fingerprint density at radius 3 is 2.65 bits per heavy atom. The van der Waals surface area contributed by atoms with Gasteiger partial charge in [0.05, 0.1) is 12.2 Å². The van der Waals surface area contributed by atoms with E-state index >= 15 is 0 Å². The van der Waals surface area contributed by atoms with E-state index in [9.17, 15) is 10.2 Å². The summed E-state index contributed by atoms with van der Waals surface area (Å²) in [6.45, 7) is 3.80. The smallest absolute Gasteiger partial charge is 0.120 e. The molecule has 0 unspecified atom stereocenters. The number of likely N-dealkylation sites (N-methyl/N-ethyl adjacent to an activating group) is 1. The van der Waals surface area contributed by atoms with Gasteiger partial charge in [-0.1, -0.05) is 12.8 Å². The van der Waals surface area contributed by atoms with E-state index in [1.165, 1.54) is 0 Å². The molecule has 0 amide bonds. The van der Waals surface area contributed by atoms with E-state index in [0.717, 1.165) is 37.0 Å². The summed E-state index contributed by atoms with van der Waals surface area (Å²) in [5, 5.41) is 20.4. The highest BCUT2D eigenvalue weighted by atomic mass is 16.5. The first kappa shape index (κ1) is 15.1. The van der Waals surface area contributed by atoms with Gasteiger partial charge in [0, 0.05) is 18.7 Å². The lowest BCUT2D eigenvalue weighted by molar-refractivity contribution is 0.0143. The van der Waals surface area contributed by atoms with Gasteiger partial charge in [0.2, 0.25) is 0 Å². The Hall–Kier alpha value is -1.26. The van der Waals surface area contributed by atoms with Crippen LogP contribution in [0.3, 0.4) is 0 Å². The molecule has 0 aromatic heterocycles. The number of benzene rings is 1. The summed E-state index contributed by atoms with van der Waals surface area (Å²) in [6, 6.07) is 5.30. The number of hydrogen-bond acceptors (Lipinski definition) is 4. The van der Waals surface area contributed by atoms with Crippen molar-refractivity contribution >= 4 is 0 Å². The Labute approximate surface area is 121 Å². The predicted octanol–water partition coefficient (Wildman–Crippen LogP) is 2.53. The van der Waals surface area contributed by atoms with Gasteiger partial charge in [0.25, 0.3) is 0 Å². The van der Waals surface area contributed by atoms with Gasteiger partial charge in [-0.2, -0.15) is 0 Å². The zero-order valence-electron chi connectivity index (χ0n) is 12.4. The molecule has 112 valence electrons. The van der Waals surface area contributed by atoms with Gasteiger partial charge >= 0.3 is 0 Å². The van der Waals surface area contributed by atoms with Crippen molar-refractivity contribution in [2.24, 2.45) is 0 Å². The van der Waals surface area contributed by atoms with E-state index in [1.54, 1.807) is 12.1 Å². The molecule has 0 radical (unpaired) electrons. The third-order valence-corrected chi connectivity index (χ3v) is 3.90. The molecule has 4 nitrogen and oxygen atoms in total. The number of phenolic OH excluding ortho intramolecular Hbond substituents is 1. The van der Waals surface area contributed by atoms with Crippen LogP contribution in [0.2, 0.25) is 0 Å². The van der Waals surface area contributed by atoms with Crippen LogP contribution in [0, 0.1) is 0 Å². The molecular formula is C16H25NO3. The number of hydrogen-bond donors (Lipinski definition) is 2. The van der Waals surface area contributed by atoms with Crippen LogP contribution >= 0.6 is 0 Å². The molecule has 0 atom stereocenters. The number of ether oxygens (including phenoxy) is 1. The molecule has 1 aliphatic carbocycles. The molecule has 0 saturated heterocycles. The highest BCUT2D eigenvalue weighted by Crippen LogP contribution is 2.31. The first-order valence-electron chi connectivity index (χ1n) is 7.38. The van der Waals surface area contributed by atoms with Crippen molar-refractivity contribution in [3.8, 4) is 11.5 Å². The molecule has 2 N–H and O–H groups in total. The van der Waals surface area contributed by atoms with E-state index < -0.39 is 5.60 Å². The van der Waals surface area contributed by atoms with E-state index in [2.05, 4.69) is 4.90 Å². The largest absolute Gasteiger partial charge is 0.508 e. The van der Waals surface area contributed by atoms with Crippen molar-refractivity contribution in [2.45, 2.75) is 44.8 Å². The minimum absolute atomic E-state index is 0.277. The second kappa shape index (κ2) is 6.46. The summed E-state index contributed by atoms with van der Waals surface area (Å²) in [6.07, 6.45) is 3.97. The van der Waals surface area contributed by atoms with Crippen molar-refractivity contribution in [3.05, 3.63) is 23.8 Å². The van der Waals surface area contributed by atoms with Crippen molar-refractivity contribution in [1.29, 1.82) is 0 Å². The highest BCUT2D eigenvalue weighted by molar-refractivity contribution is 5.39. The molecule has 0 spiro atoms. The van der Waals surface area contributed by atoms with Crippen molar-refractivity contribution in [1.82, 2.24) is 4.90 Å². The molecule has 0 aliphatic heterocycles. The number of phenols is 1. The molecule has 4 heteroatoms. The second-order valence-electron chi connectivity index (χ2n) is 5.83. The Bertz CT molecular complexity index is 441. The summed E-state index contributed by atoms with van der Waals surface area (Å²) in [4.78, 5) is 2.07. The van der Waals surface area contributed by atoms with Crippen LogP contribution in [0.4, 0.5) is 0 Å². The maximum Gasteiger partial charge on any atom is 0.120 e. The van der Waals surface area contributed by atoms with E-state index in [4.69, 9.17) is 4.74 Å². The minimum atomic E-state index is -0.554. The van der Waals surface area contributed by atoms with Crippen LogP contribution in [0.5, 0.6) is 11.5 Å². The molecular weight excluding hydrogens is 254 g/mol. The minimum Gasteiger partial charge on any atom is -0.508 e. The predicted molar refractivity (Wildman–Crippen MR) is 79.0 cm³/mol. The molecule has 1 fully saturated rings. The van der Waals surface area contributed by atoms with Crippen LogP contribution in [-0.4, -0.2) is 40.9 Å². The average molecular weight is 279 g/mol. The Balaban J connectivity index is 1.99. The summed E-state index contributed by atoms with van der Waals surface area (Å²) in [7, 11) is 1.98. The molecule has 1 aliphatic rings. The first-order valence-corrected chi connectivity index (χ1v) is 7.38. The molecule has 2 rings (SSSR count). The third kappa shape index (κ3) is 3.87. The monoisotopic (exact) mass is 279 g/mol. The zero-order chi connectivity index (χ0) is 14.6. The van der Waals surface area contributed by atoms with E-state index in [-0.39, 0.29) is 5.75 Å². The zero-order valence-corrected chi connectivity index (χ0v) is 12.4. The highest BCUT2D eigenvalue weighted by Gasteiger charge is 2.32. The topological polar surface area (TPSA) is 52.9 Å². The number of aliphatic hydroxyl groups is 1. The van der Waals surface area contributed by atoms with E-state index in [1.807, 2.05) is 20.0 Å². The van der Waals surface area contributed by atoms with Crippen LogP contribution < -0.4 is 4.74 Å². The SMILES string of the molecule is CCOc1ccc(O)c(CN(C)CC2(O)CCCC2)c1. The summed E-state index contributed by atoms with van der Waals surface area (Å²) in [5.41, 5.74) is 0.280. The normalized spacial score (nSPS) is 17.6. The van der Waals surface area contributed by atoms with Gasteiger partial charge in [0.15, 0.2) is 0 Å². The summed E-state index contributed by atoms with van der Waals surface area (Å²) in [5.74, 6) is 1.05. The molecule has 0 heterocycles. The Morgan fingerprint density at radius 1 is 1.30 bits per heavy atom. The van der Waals surface area contributed by atoms with Gasteiger partial charge in [-0.25, -0.2) is 0 Å². The fourth-order valence-corrected chi connectivity index (χ4v) is 2.99. The van der Waals surface area contributed by atoms with Gasteiger partial charge in [-0.15, -0.1) is 0 Å². The van der Waals surface area contributed by atoms with Gasteiger partial charge in [0.1, 0.15) is 11.5 Å². The lowest BCUT2D eigenvalue weighted by Crippen LogP contribution is -2.38. The Morgan fingerprint density at radius 2 is 2.00 bits per heavy atom. The second-order valence-corrected chi connectivity index (χ2v) is 5.83. The van der Waals surface area contributed by atoms with Crippen molar-refractivity contribution in [3.63, 3.8) is 0 Å². The lowest BCUT2D eigenvalue weighted by Gasteiger charge is -2.28. The number of nitrogens with zero attached hydrogens (tertiary/aromatic N) is 1. The standard InChI is InChI=1S/C16H25NO3/c1-3-20-14-6-7-15(18)13(10-14)11-17(2)12-16(19)8-4-5-9-16/h6-7,10,18-19H,3-5,8-9,11-12H2,1-2H3. The first-order chi connectivity index (χ1) is 9.52. The fourth-order valence-electron chi connectivity index (χ4n) is 2.99. The molecule has 0 bridgehead atoms. The Kier molecular flexibility index (Phi) is 4.89. The molecule has 1 aromatic rings. The molecule has 1 aromatic carbocycles. The lowest BCUT2D eigenvalue weighted by atomic mass is 10.0. The maximum atomic E-state index is 10.4. The number of rotatable bonds is 6. The van der Waals surface area contributed by atoms with Crippen LogP contribution in [0.1, 0.15) is 38.2 Å².